The second-order valence-corrected chi connectivity index (χ2v) is 6.60. The van der Waals surface area contributed by atoms with Gasteiger partial charge in [0.15, 0.2) is 0 Å². The summed E-state index contributed by atoms with van der Waals surface area (Å²) < 4.78 is 5.61. The number of carbonyl (C=O) groups excluding carboxylic acids is 3. The van der Waals surface area contributed by atoms with Crippen LogP contribution in [0.3, 0.4) is 0 Å². The molecule has 1 heterocycles. The Morgan fingerprint density at radius 3 is 2.27 bits per heavy atom. The Labute approximate surface area is 154 Å². The first-order chi connectivity index (χ1) is 12.4. The quantitative estimate of drug-likeness (QED) is 0.691. The van der Waals surface area contributed by atoms with Crippen molar-refractivity contribution in [1.29, 1.82) is 0 Å². The van der Waals surface area contributed by atoms with Crippen molar-refractivity contribution in [2.45, 2.75) is 33.3 Å². The van der Waals surface area contributed by atoms with E-state index in [-0.39, 0.29) is 24.3 Å². The average molecular weight is 361 g/mol. The number of nitrogens with zero attached hydrogens (tertiary/aromatic N) is 3. The molecule has 0 saturated carbocycles. The summed E-state index contributed by atoms with van der Waals surface area (Å²) in [4.78, 5) is 40.1. The highest BCUT2D eigenvalue weighted by Gasteiger charge is 2.21. The van der Waals surface area contributed by atoms with E-state index in [9.17, 15) is 14.4 Å². The van der Waals surface area contributed by atoms with Crippen LogP contribution in [0.5, 0.6) is 5.75 Å². The van der Waals surface area contributed by atoms with E-state index in [1.807, 2.05) is 38.1 Å². The number of rotatable bonds is 7. The Morgan fingerprint density at radius 2 is 1.77 bits per heavy atom. The molecule has 0 radical (unpaired) electrons. The average Bonchev–Trinajstić information content (AvgIpc) is 2.62. The molecule has 0 unspecified atom stereocenters. The fourth-order valence-corrected chi connectivity index (χ4v) is 2.89. The molecule has 1 aromatic carbocycles. The van der Waals surface area contributed by atoms with Crippen LogP contribution >= 0.6 is 0 Å². The van der Waals surface area contributed by atoms with Gasteiger partial charge in [-0.3, -0.25) is 14.4 Å². The molecule has 0 N–H and O–H groups in total. The molecule has 1 aromatic rings. The van der Waals surface area contributed by atoms with Gasteiger partial charge in [0.1, 0.15) is 5.75 Å². The molecule has 7 nitrogen and oxygen atoms in total. The third-order valence-electron chi connectivity index (χ3n) is 4.27. The fourth-order valence-electron chi connectivity index (χ4n) is 2.89. The summed E-state index contributed by atoms with van der Waals surface area (Å²) in [6.07, 6.45) is 1.15. The van der Waals surface area contributed by atoms with Gasteiger partial charge in [-0.1, -0.05) is 0 Å². The maximum Gasteiger partial charge on any atom is 0.224 e. The van der Waals surface area contributed by atoms with Crippen molar-refractivity contribution in [1.82, 2.24) is 9.80 Å². The molecular weight excluding hydrogens is 334 g/mol. The molecule has 26 heavy (non-hydrogen) atoms. The molecule has 1 fully saturated rings. The Hall–Kier alpha value is -2.57. The van der Waals surface area contributed by atoms with Crippen molar-refractivity contribution in [2.24, 2.45) is 0 Å². The van der Waals surface area contributed by atoms with Crippen molar-refractivity contribution in [2.75, 3.05) is 37.6 Å². The molecule has 1 saturated heterocycles. The summed E-state index contributed by atoms with van der Waals surface area (Å²) in [7, 11) is 0. The van der Waals surface area contributed by atoms with Gasteiger partial charge in [-0.25, -0.2) is 0 Å². The summed E-state index contributed by atoms with van der Waals surface area (Å²) in [6, 6.07) is 7.30. The van der Waals surface area contributed by atoms with Gasteiger partial charge in [0.2, 0.25) is 18.2 Å². The van der Waals surface area contributed by atoms with Crippen molar-refractivity contribution in [3.8, 4) is 5.75 Å². The number of ether oxygens (including phenoxy) is 1. The smallest absolute Gasteiger partial charge is 0.224 e. The molecule has 1 aliphatic heterocycles. The Kier molecular flexibility index (Phi) is 7.00. The summed E-state index contributed by atoms with van der Waals surface area (Å²) in [5.41, 5.74) is 0.743. The predicted octanol–water partition coefficient (Wildman–Crippen LogP) is 1.52. The monoisotopic (exact) mass is 361 g/mol. The first kappa shape index (κ1) is 19.8. The Balaban J connectivity index is 1.93. The van der Waals surface area contributed by atoms with Crippen LogP contribution in [0, 0.1) is 0 Å². The zero-order valence-corrected chi connectivity index (χ0v) is 15.7. The van der Waals surface area contributed by atoms with Crippen LogP contribution in [-0.2, 0) is 14.4 Å². The lowest BCUT2D eigenvalue weighted by atomic mass is 10.2. The maximum absolute atomic E-state index is 12.4. The van der Waals surface area contributed by atoms with Crippen LogP contribution in [0.2, 0.25) is 0 Å². The third kappa shape index (κ3) is 5.47. The first-order valence-electron chi connectivity index (χ1n) is 8.92. The highest BCUT2D eigenvalue weighted by atomic mass is 16.5. The number of anilines is 1. The van der Waals surface area contributed by atoms with Crippen molar-refractivity contribution in [3.63, 3.8) is 0 Å². The van der Waals surface area contributed by atoms with E-state index in [1.165, 1.54) is 6.92 Å². The second kappa shape index (κ2) is 9.22. The highest BCUT2D eigenvalue weighted by Crippen LogP contribution is 2.21. The van der Waals surface area contributed by atoms with E-state index in [2.05, 4.69) is 0 Å². The molecule has 7 heteroatoms. The van der Waals surface area contributed by atoms with Crippen molar-refractivity contribution in [3.05, 3.63) is 24.3 Å². The minimum Gasteiger partial charge on any atom is -0.491 e. The van der Waals surface area contributed by atoms with Gasteiger partial charge >= 0.3 is 0 Å². The predicted molar refractivity (Wildman–Crippen MR) is 99.1 cm³/mol. The minimum absolute atomic E-state index is 0.00144. The lowest BCUT2D eigenvalue weighted by molar-refractivity contribution is -0.135. The number of benzene rings is 1. The molecule has 0 bridgehead atoms. The summed E-state index contributed by atoms with van der Waals surface area (Å²) in [5, 5.41) is 0. The molecule has 2 rings (SSSR count). The Bertz CT molecular complexity index is 622. The standard InChI is InChI=1S/C19H27N3O4/c1-15(2)26-18-6-4-17(5-7-18)22(16(3)24)9-8-19(25)21-12-10-20(14-23)11-13-21/h4-7,14-15H,8-13H2,1-3H3. The molecule has 3 amide bonds. The number of carbonyl (C=O) groups is 3. The van der Waals surface area contributed by atoms with Gasteiger partial charge in [-0.2, -0.15) is 0 Å². The van der Waals surface area contributed by atoms with Crippen LogP contribution in [-0.4, -0.2) is 66.9 Å². The lowest BCUT2D eigenvalue weighted by Gasteiger charge is -2.33. The molecule has 0 spiro atoms. The third-order valence-corrected chi connectivity index (χ3v) is 4.27. The zero-order valence-electron chi connectivity index (χ0n) is 15.7. The molecule has 0 aliphatic carbocycles. The second-order valence-electron chi connectivity index (χ2n) is 6.60. The summed E-state index contributed by atoms with van der Waals surface area (Å²) >= 11 is 0. The number of amides is 3. The van der Waals surface area contributed by atoms with Gasteiger partial charge in [-0.15, -0.1) is 0 Å². The fraction of sp³-hybridized carbons (Fsp3) is 0.526. The number of hydrogen-bond acceptors (Lipinski definition) is 4. The van der Waals surface area contributed by atoms with Crippen molar-refractivity contribution >= 4 is 23.9 Å². The minimum atomic E-state index is -0.110. The van der Waals surface area contributed by atoms with Crippen LogP contribution in [0.4, 0.5) is 5.69 Å². The Morgan fingerprint density at radius 1 is 1.15 bits per heavy atom. The highest BCUT2D eigenvalue weighted by molar-refractivity contribution is 5.92. The SMILES string of the molecule is CC(=O)N(CCC(=O)N1CCN(C=O)CC1)c1ccc(OC(C)C)cc1. The lowest BCUT2D eigenvalue weighted by Crippen LogP contribution is -2.48. The van der Waals surface area contributed by atoms with Crippen molar-refractivity contribution < 1.29 is 19.1 Å². The van der Waals surface area contributed by atoms with Gasteiger partial charge in [-0.05, 0) is 38.1 Å². The number of piperazine rings is 1. The normalized spacial score (nSPS) is 14.3. The molecule has 0 atom stereocenters. The van der Waals surface area contributed by atoms with E-state index < -0.39 is 0 Å². The van der Waals surface area contributed by atoms with E-state index >= 15 is 0 Å². The maximum atomic E-state index is 12.4. The largest absolute Gasteiger partial charge is 0.491 e. The molecule has 142 valence electrons. The molecule has 0 aromatic heterocycles. The van der Waals surface area contributed by atoms with Gasteiger partial charge < -0.3 is 19.4 Å². The first-order valence-corrected chi connectivity index (χ1v) is 8.92. The zero-order chi connectivity index (χ0) is 19.1. The van der Waals surface area contributed by atoms with E-state index in [4.69, 9.17) is 4.74 Å². The van der Waals surface area contributed by atoms with Gasteiger partial charge in [0, 0.05) is 51.8 Å². The summed E-state index contributed by atoms with van der Waals surface area (Å²) in [5.74, 6) is 0.638. The van der Waals surface area contributed by atoms with Crippen LogP contribution < -0.4 is 9.64 Å². The van der Waals surface area contributed by atoms with Crippen LogP contribution in [0.1, 0.15) is 27.2 Å². The van der Waals surface area contributed by atoms with Gasteiger partial charge in [0.05, 0.1) is 6.10 Å². The van der Waals surface area contributed by atoms with E-state index in [0.29, 0.717) is 32.7 Å². The van der Waals surface area contributed by atoms with E-state index in [1.54, 1.807) is 14.7 Å². The summed E-state index contributed by atoms with van der Waals surface area (Å²) in [6.45, 7) is 7.93. The van der Waals surface area contributed by atoms with Crippen LogP contribution in [0.25, 0.3) is 0 Å². The molecule has 1 aliphatic rings. The topological polar surface area (TPSA) is 70.2 Å². The van der Waals surface area contributed by atoms with E-state index in [0.717, 1.165) is 17.8 Å². The molecular formula is C19H27N3O4. The van der Waals surface area contributed by atoms with Crippen LogP contribution in [0.15, 0.2) is 24.3 Å². The van der Waals surface area contributed by atoms with Gasteiger partial charge in [0.25, 0.3) is 0 Å². The number of hydrogen-bond donors (Lipinski definition) is 0.